The van der Waals surface area contributed by atoms with Gasteiger partial charge in [0, 0.05) is 0 Å². The minimum atomic E-state index is -1.01. The zero-order chi connectivity index (χ0) is 24.1. The van der Waals surface area contributed by atoms with E-state index in [1.165, 1.54) is 37.5 Å². The van der Waals surface area contributed by atoms with E-state index in [0.717, 1.165) is 12.1 Å². The zero-order valence-corrected chi connectivity index (χ0v) is 18.3. The van der Waals surface area contributed by atoms with Gasteiger partial charge in [-0.1, -0.05) is 17.7 Å². The molecule has 0 bridgehead atoms. The van der Waals surface area contributed by atoms with Crippen molar-refractivity contribution in [2.45, 2.75) is 6.92 Å². The van der Waals surface area contributed by atoms with Crippen molar-refractivity contribution in [3.05, 3.63) is 58.4 Å². The second-order valence-electron chi connectivity index (χ2n) is 6.57. The standard InChI is InChI=1S/C22H18ClFN2O7/c1-3-32-17-9-12(8-16(23)19(17)33-11-18(27)31-2)7-15-20(28)25-22(30)26(21(15)29)14-6-4-5-13(24)10-14/h4-10H,3,11H2,1-2H3,(H,25,28,30)/b15-7+. The molecule has 1 heterocycles. The summed E-state index contributed by atoms with van der Waals surface area (Å²) in [6, 6.07) is 6.64. The third kappa shape index (κ3) is 5.29. The van der Waals surface area contributed by atoms with Gasteiger partial charge in [0.2, 0.25) is 0 Å². The molecule has 2 aromatic rings. The molecule has 0 aliphatic carbocycles. The number of ether oxygens (including phenoxy) is 3. The van der Waals surface area contributed by atoms with Crippen LogP contribution in [0.1, 0.15) is 12.5 Å². The molecule has 1 aliphatic heterocycles. The van der Waals surface area contributed by atoms with Gasteiger partial charge < -0.3 is 14.2 Å². The van der Waals surface area contributed by atoms with Crippen LogP contribution in [0.5, 0.6) is 11.5 Å². The summed E-state index contributed by atoms with van der Waals surface area (Å²) in [7, 11) is 1.20. The summed E-state index contributed by atoms with van der Waals surface area (Å²) in [6.45, 7) is 1.53. The Morgan fingerprint density at radius 1 is 1.18 bits per heavy atom. The first-order chi connectivity index (χ1) is 15.7. The topological polar surface area (TPSA) is 111 Å². The number of barbiturate groups is 1. The number of carbonyl (C=O) groups is 4. The average Bonchev–Trinajstić information content (AvgIpc) is 2.76. The Morgan fingerprint density at radius 2 is 1.94 bits per heavy atom. The number of nitrogens with zero attached hydrogens (tertiary/aromatic N) is 1. The number of esters is 1. The fourth-order valence-corrected chi connectivity index (χ4v) is 3.21. The number of imide groups is 2. The first kappa shape index (κ1) is 23.7. The van der Waals surface area contributed by atoms with E-state index >= 15 is 0 Å². The van der Waals surface area contributed by atoms with Crippen LogP contribution in [-0.4, -0.2) is 44.1 Å². The fraction of sp³-hybridized carbons (Fsp3) is 0.182. The van der Waals surface area contributed by atoms with Gasteiger partial charge in [-0.2, -0.15) is 0 Å². The predicted octanol–water partition coefficient (Wildman–Crippen LogP) is 3.10. The van der Waals surface area contributed by atoms with E-state index in [9.17, 15) is 23.6 Å². The molecule has 1 fully saturated rings. The number of hydrogen-bond acceptors (Lipinski definition) is 7. The second-order valence-corrected chi connectivity index (χ2v) is 6.97. The highest BCUT2D eigenvalue weighted by Gasteiger charge is 2.37. The lowest BCUT2D eigenvalue weighted by Crippen LogP contribution is -2.54. The van der Waals surface area contributed by atoms with Gasteiger partial charge >= 0.3 is 12.0 Å². The monoisotopic (exact) mass is 476 g/mol. The lowest BCUT2D eigenvalue weighted by Gasteiger charge is -2.26. The van der Waals surface area contributed by atoms with Crippen molar-refractivity contribution < 1.29 is 37.8 Å². The van der Waals surface area contributed by atoms with E-state index in [0.29, 0.717) is 4.90 Å². The molecule has 4 amide bonds. The van der Waals surface area contributed by atoms with E-state index in [2.05, 4.69) is 4.74 Å². The van der Waals surface area contributed by atoms with Crippen LogP contribution in [0.15, 0.2) is 42.0 Å². The molecule has 0 radical (unpaired) electrons. The van der Waals surface area contributed by atoms with Crippen LogP contribution >= 0.6 is 11.6 Å². The Morgan fingerprint density at radius 3 is 2.61 bits per heavy atom. The van der Waals surface area contributed by atoms with E-state index in [1.807, 2.05) is 5.32 Å². The fourth-order valence-electron chi connectivity index (χ4n) is 2.94. The van der Waals surface area contributed by atoms with Crippen LogP contribution in [0.2, 0.25) is 5.02 Å². The van der Waals surface area contributed by atoms with Crippen molar-refractivity contribution in [1.29, 1.82) is 0 Å². The quantitative estimate of drug-likeness (QED) is 0.371. The zero-order valence-electron chi connectivity index (χ0n) is 17.5. The third-order valence-electron chi connectivity index (χ3n) is 4.37. The molecule has 0 aromatic heterocycles. The lowest BCUT2D eigenvalue weighted by molar-refractivity contribution is -0.143. The first-order valence-corrected chi connectivity index (χ1v) is 9.96. The Hall–Kier alpha value is -3.92. The normalized spacial score (nSPS) is 14.8. The van der Waals surface area contributed by atoms with Crippen LogP contribution in [0.25, 0.3) is 6.08 Å². The molecule has 2 aromatic carbocycles. The van der Waals surface area contributed by atoms with Gasteiger partial charge in [0.1, 0.15) is 11.4 Å². The summed E-state index contributed by atoms with van der Waals surface area (Å²) in [5.41, 5.74) is -0.156. The summed E-state index contributed by atoms with van der Waals surface area (Å²) in [5.74, 6) is -2.95. The summed E-state index contributed by atoms with van der Waals surface area (Å²) >= 11 is 6.27. The van der Waals surface area contributed by atoms with Crippen molar-refractivity contribution in [2.75, 3.05) is 25.2 Å². The summed E-state index contributed by atoms with van der Waals surface area (Å²) in [5, 5.41) is 2.09. The number of hydrogen-bond donors (Lipinski definition) is 1. The van der Waals surface area contributed by atoms with Crippen molar-refractivity contribution in [3.8, 4) is 11.5 Å². The highest BCUT2D eigenvalue weighted by atomic mass is 35.5. The van der Waals surface area contributed by atoms with Crippen molar-refractivity contribution in [1.82, 2.24) is 5.32 Å². The highest BCUT2D eigenvalue weighted by Crippen LogP contribution is 2.37. The molecule has 33 heavy (non-hydrogen) atoms. The van der Waals surface area contributed by atoms with Gasteiger partial charge in [0.05, 0.1) is 24.4 Å². The van der Waals surface area contributed by atoms with Gasteiger partial charge in [-0.15, -0.1) is 0 Å². The summed E-state index contributed by atoms with van der Waals surface area (Å²) < 4.78 is 29.0. The van der Waals surface area contributed by atoms with Crippen LogP contribution in [-0.2, 0) is 19.1 Å². The first-order valence-electron chi connectivity index (χ1n) is 9.58. The smallest absolute Gasteiger partial charge is 0.343 e. The van der Waals surface area contributed by atoms with Crippen molar-refractivity contribution in [3.63, 3.8) is 0 Å². The Kier molecular flexibility index (Phi) is 7.29. The predicted molar refractivity (Wildman–Crippen MR) is 116 cm³/mol. The van der Waals surface area contributed by atoms with Gasteiger partial charge in [-0.05, 0) is 48.9 Å². The van der Waals surface area contributed by atoms with Gasteiger partial charge in [-0.3, -0.25) is 14.9 Å². The maximum atomic E-state index is 13.6. The molecule has 0 unspecified atom stereocenters. The maximum absolute atomic E-state index is 13.6. The van der Waals surface area contributed by atoms with Gasteiger partial charge in [-0.25, -0.2) is 18.9 Å². The van der Waals surface area contributed by atoms with Crippen LogP contribution in [0.3, 0.4) is 0 Å². The van der Waals surface area contributed by atoms with Gasteiger partial charge in [0.25, 0.3) is 11.8 Å². The van der Waals surface area contributed by atoms with Gasteiger partial charge in [0.15, 0.2) is 18.1 Å². The number of carbonyl (C=O) groups excluding carboxylic acids is 4. The second kappa shape index (κ2) is 10.1. The summed E-state index contributed by atoms with van der Waals surface area (Å²) in [4.78, 5) is 49.6. The molecule has 0 saturated carbocycles. The number of anilines is 1. The number of rotatable bonds is 7. The molecule has 11 heteroatoms. The minimum absolute atomic E-state index is 0.0402. The van der Waals surface area contributed by atoms with E-state index in [-0.39, 0.29) is 40.0 Å². The number of methoxy groups -OCH3 is 1. The third-order valence-corrected chi connectivity index (χ3v) is 4.65. The molecule has 172 valence electrons. The molecular formula is C22H18ClFN2O7. The molecule has 3 rings (SSSR count). The number of amides is 4. The molecule has 1 N–H and O–H groups in total. The van der Waals surface area contributed by atoms with Crippen LogP contribution in [0.4, 0.5) is 14.9 Å². The lowest BCUT2D eigenvalue weighted by atomic mass is 10.1. The molecule has 9 nitrogen and oxygen atoms in total. The van der Waals surface area contributed by atoms with E-state index in [1.54, 1.807) is 6.92 Å². The maximum Gasteiger partial charge on any atom is 0.343 e. The molecule has 0 spiro atoms. The minimum Gasteiger partial charge on any atom is -0.490 e. The van der Waals surface area contributed by atoms with Crippen molar-refractivity contribution in [2.24, 2.45) is 0 Å². The van der Waals surface area contributed by atoms with E-state index in [4.69, 9.17) is 21.1 Å². The highest BCUT2D eigenvalue weighted by molar-refractivity contribution is 6.39. The number of benzene rings is 2. The molecular weight excluding hydrogens is 459 g/mol. The van der Waals surface area contributed by atoms with E-state index < -0.39 is 36.2 Å². The summed E-state index contributed by atoms with van der Waals surface area (Å²) in [6.07, 6.45) is 1.20. The van der Waals surface area contributed by atoms with Crippen LogP contribution in [0, 0.1) is 5.82 Å². The Labute approximate surface area is 192 Å². The Balaban J connectivity index is 1.99. The number of halogens is 2. The Bertz CT molecular complexity index is 1170. The molecule has 0 atom stereocenters. The largest absolute Gasteiger partial charge is 0.490 e. The average molecular weight is 477 g/mol. The molecule has 1 saturated heterocycles. The number of nitrogens with one attached hydrogen (secondary N) is 1. The number of urea groups is 1. The van der Waals surface area contributed by atoms with Crippen molar-refractivity contribution >= 4 is 47.2 Å². The van der Waals surface area contributed by atoms with Crippen LogP contribution < -0.4 is 19.7 Å². The molecule has 1 aliphatic rings. The SMILES string of the molecule is CCOc1cc(/C=C2\C(=O)NC(=O)N(c3cccc(F)c3)C2=O)cc(Cl)c1OCC(=O)OC.